The van der Waals surface area contributed by atoms with Gasteiger partial charge in [0.1, 0.15) is 5.82 Å². The fourth-order valence-corrected chi connectivity index (χ4v) is 2.19. The van der Waals surface area contributed by atoms with E-state index in [1.807, 2.05) is 27.7 Å². The Bertz CT molecular complexity index is 623. The molecule has 1 saturated heterocycles. The lowest BCUT2D eigenvalue weighted by atomic mass is 9.78. The van der Waals surface area contributed by atoms with E-state index >= 15 is 0 Å². The average molecular weight is 262 g/mol. The zero-order valence-electron chi connectivity index (χ0n) is 11.5. The van der Waals surface area contributed by atoms with Gasteiger partial charge in [0.2, 0.25) is 0 Å². The molecule has 1 aliphatic heterocycles. The molecule has 19 heavy (non-hydrogen) atoms. The molecule has 1 aliphatic rings. The monoisotopic (exact) mass is 262 g/mol. The number of hydrogen-bond donors (Lipinski definition) is 1. The van der Waals surface area contributed by atoms with Crippen LogP contribution >= 0.6 is 0 Å². The second-order valence-electron chi connectivity index (χ2n) is 5.88. The summed E-state index contributed by atoms with van der Waals surface area (Å²) < 4.78 is 25.5. The molecule has 1 aromatic heterocycles. The van der Waals surface area contributed by atoms with E-state index in [-0.39, 0.29) is 5.82 Å². The number of hydrogen-bond acceptors (Lipinski definition) is 3. The van der Waals surface area contributed by atoms with Gasteiger partial charge in [0, 0.05) is 5.46 Å². The summed E-state index contributed by atoms with van der Waals surface area (Å²) in [5.41, 5.74) is 1.04. The summed E-state index contributed by atoms with van der Waals surface area (Å²) in [5.74, 6) is -0.332. The van der Waals surface area contributed by atoms with Gasteiger partial charge in [-0.3, -0.25) is 0 Å². The molecule has 0 aliphatic carbocycles. The highest BCUT2D eigenvalue weighted by atomic mass is 19.1. The molecular formula is C13H16BFN2O2. The first-order chi connectivity index (χ1) is 8.80. The first-order valence-electron chi connectivity index (χ1n) is 6.28. The van der Waals surface area contributed by atoms with E-state index in [2.05, 4.69) is 9.97 Å². The third-order valence-corrected chi connectivity index (χ3v) is 4.03. The van der Waals surface area contributed by atoms with Gasteiger partial charge in [-0.05, 0) is 39.8 Å². The van der Waals surface area contributed by atoms with Crippen LogP contribution in [0.25, 0.3) is 11.0 Å². The van der Waals surface area contributed by atoms with Crippen LogP contribution in [0.4, 0.5) is 4.39 Å². The van der Waals surface area contributed by atoms with Gasteiger partial charge in [0.25, 0.3) is 0 Å². The predicted molar refractivity (Wildman–Crippen MR) is 71.8 cm³/mol. The summed E-state index contributed by atoms with van der Waals surface area (Å²) in [5, 5.41) is 0. The van der Waals surface area contributed by atoms with E-state index in [4.69, 9.17) is 9.31 Å². The summed E-state index contributed by atoms with van der Waals surface area (Å²) in [4.78, 5) is 7.12. The van der Waals surface area contributed by atoms with Gasteiger partial charge in [0.05, 0.1) is 28.6 Å². The van der Waals surface area contributed by atoms with Crippen molar-refractivity contribution < 1.29 is 13.7 Å². The molecule has 2 aromatic rings. The summed E-state index contributed by atoms with van der Waals surface area (Å²) in [6.45, 7) is 7.87. The fourth-order valence-electron chi connectivity index (χ4n) is 2.19. The van der Waals surface area contributed by atoms with Crippen LogP contribution in [0.1, 0.15) is 27.7 Å². The highest BCUT2D eigenvalue weighted by molar-refractivity contribution is 6.64. The first kappa shape index (κ1) is 12.6. The maximum absolute atomic E-state index is 13.7. The number of halogens is 1. The molecule has 3 rings (SSSR count). The smallest absolute Gasteiger partial charge is 0.399 e. The summed E-state index contributed by atoms with van der Waals surface area (Å²) >= 11 is 0. The number of imidazole rings is 1. The highest BCUT2D eigenvalue weighted by Crippen LogP contribution is 2.36. The van der Waals surface area contributed by atoms with Crippen molar-refractivity contribution in [3.63, 3.8) is 0 Å². The standard InChI is InChI=1S/C13H16BFN2O2/c1-12(2)13(3,4)19-14(18-12)9-5-8(15)6-10-11(9)17-7-16-10/h5-7H,1-4H3,(H,16,17). The lowest BCUT2D eigenvalue weighted by Gasteiger charge is -2.32. The Morgan fingerprint density at radius 2 is 1.79 bits per heavy atom. The Balaban J connectivity index is 2.09. The molecule has 0 amide bonds. The number of H-pyrrole nitrogens is 1. The predicted octanol–water partition coefficient (Wildman–Crippen LogP) is 2.00. The second-order valence-corrected chi connectivity index (χ2v) is 5.88. The molecule has 6 heteroatoms. The number of benzene rings is 1. The van der Waals surface area contributed by atoms with E-state index in [1.165, 1.54) is 12.1 Å². The van der Waals surface area contributed by atoms with Crippen molar-refractivity contribution in [3.05, 3.63) is 24.3 Å². The normalized spacial score (nSPS) is 21.2. The molecule has 1 N–H and O–H groups in total. The average Bonchev–Trinajstić information content (AvgIpc) is 2.80. The van der Waals surface area contributed by atoms with Crippen molar-refractivity contribution in [2.24, 2.45) is 0 Å². The molecule has 1 fully saturated rings. The van der Waals surface area contributed by atoms with Gasteiger partial charge >= 0.3 is 7.12 Å². The molecule has 4 nitrogen and oxygen atoms in total. The third kappa shape index (κ3) is 1.86. The van der Waals surface area contributed by atoms with Crippen LogP contribution in [-0.2, 0) is 9.31 Å². The topological polar surface area (TPSA) is 47.1 Å². The van der Waals surface area contributed by atoms with Crippen LogP contribution in [0.15, 0.2) is 18.5 Å². The van der Waals surface area contributed by atoms with E-state index in [9.17, 15) is 4.39 Å². The second kappa shape index (κ2) is 3.80. The minimum absolute atomic E-state index is 0.332. The number of nitrogens with one attached hydrogen (secondary N) is 1. The van der Waals surface area contributed by atoms with E-state index < -0.39 is 18.3 Å². The minimum atomic E-state index is -0.605. The van der Waals surface area contributed by atoms with Crippen molar-refractivity contribution in [2.75, 3.05) is 0 Å². The van der Waals surface area contributed by atoms with Crippen molar-refractivity contribution in [2.45, 2.75) is 38.9 Å². The lowest BCUT2D eigenvalue weighted by Crippen LogP contribution is -2.41. The molecule has 1 aromatic carbocycles. The van der Waals surface area contributed by atoms with E-state index in [1.54, 1.807) is 6.33 Å². The number of aromatic amines is 1. The Kier molecular flexibility index (Phi) is 2.53. The van der Waals surface area contributed by atoms with Gasteiger partial charge in [-0.2, -0.15) is 0 Å². The fraction of sp³-hybridized carbons (Fsp3) is 0.462. The summed E-state index contributed by atoms with van der Waals surface area (Å²) in [7, 11) is -0.605. The van der Waals surface area contributed by atoms with Crippen molar-refractivity contribution in [1.82, 2.24) is 9.97 Å². The molecule has 0 saturated carbocycles. The minimum Gasteiger partial charge on any atom is -0.399 e. The maximum Gasteiger partial charge on any atom is 0.497 e. The van der Waals surface area contributed by atoms with Gasteiger partial charge in [-0.1, -0.05) is 0 Å². The molecular weight excluding hydrogens is 246 g/mol. The van der Waals surface area contributed by atoms with Gasteiger partial charge < -0.3 is 14.3 Å². The largest absolute Gasteiger partial charge is 0.497 e. The van der Waals surface area contributed by atoms with Crippen molar-refractivity contribution in [3.8, 4) is 0 Å². The Morgan fingerprint density at radius 1 is 1.16 bits per heavy atom. The Morgan fingerprint density at radius 3 is 2.42 bits per heavy atom. The number of nitrogens with zero attached hydrogens (tertiary/aromatic N) is 1. The summed E-state index contributed by atoms with van der Waals surface area (Å²) in [6, 6.07) is 2.84. The number of fused-ring (bicyclic) bond motifs is 1. The van der Waals surface area contributed by atoms with Gasteiger partial charge in [-0.25, -0.2) is 9.37 Å². The van der Waals surface area contributed by atoms with Crippen LogP contribution in [0.5, 0.6) is 0 Å². The van der Waals surface area contributed by atoms with Crippen LogP contribution in [0.3, 0.4) is 0 Å². The van der Waals surface area contributed by atoms with Crippen molar-refractivity contribution in [1.29, 1.82) is 0 Å². The van der Waals surface area contributed by atoms with Crippen LogP contribution in [0, 0.1) is 5.82 Å². The SMILES string of the molecule is CC1(C)OB(c2cc(F)cc3[nH]cnc23)OC1(C)C. The highest BCUT2D eigenvalue weighted by Gasteiger charge is 2.52. The molecule has 0 atom stereocenters. The van der Waals surface area contributed by atoms with Gasteiger partial charge in [0.15, 0.2) is 0 Å². The molecule has 0 bridgehead atoms. The molecule has 0 unspecified atom stereocenters. The molecule has 0 radical (unpaired) electrons. The van der Waals surface area contributed by atoms with Crippen LogP contribution in [0.2, 0.25) is 0 Å². The summed E-state index contributed by atoms with van der Waals surface area (Å²) in [6.07, 6.45) is 1.54. The van der Waals surface area contributed by atoms with E-state index in [0.29, 0.717) is 16.5 Å². The Labute approximate surface area is 111 Å². The van der Waals surface area contributed by atoms with Crippen LogP contribution < -0.4 is 5.46 Å². The number of aromatic nitrogens is 2. The Hall–Kier alpha value is -1.40. The van der Waals surface area contributed by atoms with E-state index in [0.717, 1.165) is 0 Å². The molecule has 2 heterocycles. The zero-order chi connectivity index (χ0) is 13.8. The lowest BCUT2D eigenvalue weighted by molar-refractivity contribution is 0.00578. The quantitative estimate of drug-likeness (QED) is 0.799. The van der Waals surface area contributed by atoms with Gasteiger partial charge in [-0.15, -0.1) is 0 Å². The van der Waals surface area contributed by atoms with Crippen LogP contribution in [-0.4, -0.2) is 28.3 Å². The molecule has 0 spiro atoms. The zero-order valence-corrected chi connectivity index (χ0v) is 11.5. The first-order valence-corrected chi connectivity index (χ1v) is 6.28. The van der Waals surface area contributed by atoms with Crippen molar-refractivity contribution >= 4 is 23.6 Å². The molecule has 100 valence electrons. The number of rotatable bonds is 1. The maximum atomic E-state index is 13.7. The third-order valence-electron chi connectivity index (χ3n) is 4.03.